The van der Waals surface area contributed by atoms with Gasteiger partial charge in [-0.05, 0) is 43.2 Å². The first kappa shape index (κ1) is 20.0. The number of halogens is 4. The number of anilines is 2. The molecule has 0 atom stereocenters. The third kappa shape index (κ3) is 5.16. The Morgan fingerprint density at radius 1 is 1.11 bits per heavy atom. The number of hydrogen-bond acceptors (Lipinski definition) is 3. The molecule has 3 N–H and O–H groups in total. The van der Waals surface area contributed by atoms with E-state index in [9.17, 15) is 22.8 Å². The topological polar surface area (TPSA) is 70.2 Å². The van der Waals surface area contributed by atoms with E-state index in [0.717, 1.165) is 25.0 Å². The molecule has 2 aromatic carbocycles. The Kier molecular flexibility index (Phi) is 5.79. The molecule has 0 bridgehead atoms. The lowest BCUT2D eigenvalue weighted by Crippen LogP contribution is -2.27. The van der Waals surface area contributed by atoms with Gasteiger partial charge in [0.15, 0.2) is 0 Å². The van der Waals surface area contributed by atoms with Crippen LogP contribution in [0.2, 0.25) is 5.02 Å². The quantitative estimate of drug-likeness (QED) is 0.663. The lowest BCUT2D eigenvalue weighted by Gasteiger charge is -2.13. The third-order valence-electron chi connectivity index (χ3n) is 4.08. The normalized spacial score (nSPS) is 13.7. The summed E-state index contributed by atoms with van der Waals surface area (Å²) in [7, 11) is 0. The maximum Gasteiger partial charge on any atom is 0.417 e. The van der Waals surface area contributed by atoms with E-state index in [0.29, 0.717) is 11.3 Å². The Balaban J connectivity index is 1.63. The van der Waals surface area contributed by atoms with Crippen LogP contribution in [0, 0.1) is 0 Å². The van der Waals surface area contributed by atoms with Gasteiger partial charge in [-0.3, -0.25) is 9.59 Å². The van der Waals surface area contributed by atoms with Crippen LogP contribution in [0.5, 0.6) is 0 Å². The summed E-state index contributed by atoms with van der Waals surface area (Å²) in [5.41, 5.74) is -0.193. The van der Waals surface area contributed by atoms with Crippen LogP contribution in [-0.4, -0.2) is 24.4 Å². The zero-order chi connectivity index (χ0) is 20.3. The number of carbonyl (C=O) groups excluding carboxylic acids is 2. The van der Waals surface area contributed by atoms with Crippen molar-refractivity contribution in [3.63, 3.8) is 0 Å². The second-order valence-corrected chi connectivity index (χ2v) is 6.79. The van der Waals surface area contributed by atoms with Crippen molar-refractivity contribution in [3.05, 3.63) is 58.6 Å². The van der Waals surface area contributed by atoms with Crippen LogP contribution in [0.25, 0.3) is 0 Å². The number of para-hydroxylation sites is 1. The van der Waals surface area contributed by atoms with Crippen LogP contribution in [0.1, 0.15) is 28.8 Å². The third-order valence-corrected chi connectivity index (χ3v) is 4.41. The van der Waals surface area contributed by atoms with Crippen LogP contribution in [-0.2, 0) is 11.0 Å². The van der Waals surface area contributed by atoms with Gasteiger partial charge < -0.3 is 16.0 Å². The maximum atomic E-state index is 12.9. The zero-order valence-corrected chi connectivity index (χ0v) is 15.3. The first-order valence-corrected chi connectivity index (χ1v) is 8.92. The van der Waals surface area contributed by atoms with Crippen LogP contribution in [0.15, 0.2) is 42.5 Å². The van der Waals surface area contributed by atoms with E-state index in [2.05, 4.69) is 16.0 Å². The Bertz CT molecular complexity index is 898. The molecule has 3 rings (SSSR count). The highest BCUT2D eigenvalue weighted by Gasteiger charge is 2.33. The van der Waals surface area contributed by atoms with Gasteiger partial charge in [-0.15, -0.1) is 0 Å². The van der Waals surface area contributed by atoms with Gasteiger partial charge in [-0.1, -0.05) is 23.7 Å². The van der Waals surface area contributed by atoms with Crippen molar-refractivity contribution in [2.45, 2.75) is 25.1 Å². The Labute approximate surface area is 164 Å². The summed E-state index contributed by atoms with van der Waals surface area (Å²) < 4.78 is 38.7. The molecule has 5 nitrogen and oxygen atoms in total. The molecule has 0 aliphatic heterocycles. The molecule has 9 heteroatoms. The first-order valence-electron chi connectivity index (χ1n) is 8.54. The molecule has 0 aromatic heterocycles. The largest absolute Gasteiger partial charge is 0.417 e. The van der Waals surface area contributed by atoms with Gasteiger partial charge in [0, 0.05) is 17.4 Å². The lowest BCUT2D eigenvalue weighted by atomic mass is 10.1. The van der Waals surface area contributed by atoms with Gasteiger partial charge in [0.25, 0.3) is 5.91 Å². The molecular weight excluding hydrogens is 395 g/mol. The Hall–Kier alpha value is -2.74. The summed E-state index contributed by atoms with van der Waals surface area (Å²) in [4.78, 5) is 24.4. The fraction of sp³-hybridized carbons (Fsp3) is 0.263. The molecule has 0 heterocycles. The number of amides is 2. The number of alkyl halides is 3. The molecule has 0 radical (unpaired) electrons. The number of nitrogens with one attached hydrogen (secondary N) is 3. The smallest absolute Gasteiger partial charge is 0.376 e. The summed E-state index contributed by atoms with van der Waals surface area (Å²) in [5.74, 6) is -0.800. The van der Waals surface area contributed by atoms with Crippen molar-refractivity contribution in [3.8, 4) is 0 Å². The number of rotatable bonds is 6. The van der Waals surface area contributed by atoms with Gasteiger partial charge in [-0.25, -0.2) is 0 Å². The number of carbonyl (C=O) groups is 2. The molecule has 1 aliphatic carbocycles. The molecule has 28 heavy (non-hydrogen) atoms. The maximum absolute atomic E-state index is 12.9. The SMILES string of the molecule is O=C(CNc1ccccc1C(=O)NC1CC1)Nc1ccc(Cl)c(C(F)(F)F)c1. The summed E-state index contributed by atoms with van der Waals surface area (Å²) in [6, 6.07) is 10.0. The number of hydrogen-bond donors (Lipinski definition) is 3. The summed E-state index contributed by atoms with van der Waals surface area (Å²) in [6.07, 6.45) is -2.72. The summed E-state index contributed by atoms with van der Waals surface area (Å²) in [5, 5.41) is 7.65. The highest BCUT2D eigenvalue weighted by atomic mass is 35.5. The minimum atomic E-state index is -4.62. The number of benzene rings is 2. The van der Waals surface area contributed by atoms with Gasteiger partial charge in [0.1, 0.15) is 0 Å². The monoisotopic (exact) mass is 411 g/mol. The minimum Gasteiger partial charge on any atom is -0.376 e. The highest BCUT2D eigenvalue weighted by Crippen LogP contribution is 2.36. The molecular formula is C19H17ClF3N3O2. The van der Waals surface area contributed by atoms with E-state index in [4.69, 9.17) is 11.6 Å². The molecule has 0 saturated heterocycles. The average molecular weight is 412 g/mol. The van der Waals surface area contributed by atoms with Crippen LogP contribution >= 0.6 is 11.6 Å². The molecule has 2 aromatic rings. The second-order valence-electron chi connectivity index (χ2n) is 6.39. The molecule has 148 valence electrons. The van der Waals surface area contributed by atoms with Crippen molar-refractivity contribution in [2.75, 3.05) is 17.2 Å². The van der Waals surface area contributed by atoms with E-state index in [-0.39, 0.29) is 24.2 Å². The van der Waals surface area contributed by atoms with Crippen molar-refractivity contribution >= 4 is 34.8 Å². The van der Waals surface area contributed by atoms with E-state index in [1.165, 1.54) is 6.07 Å². The van der Waals surface area contributed by atoms with Crippen LogP contribution in [0.4, 0.5) is 24.5 Å². The van der Waals surface area contributed by atoms with E-state index in [1.54, 1.807) is 24.3 Å². The van der Waals surface area contributed by atoms with Gasteiger partial charge in [0.05, 0.1) is 22.7 Å². The van der Waals surface area contributed by atoms with Crippen molar-refractivity contribution < 1.29 is 22.8 Å². The fourth-order valence-corrected chi connectivity index (χ4v) is 2.75. The Morgan fingerprint density at radius 3 is 2.50 bits per heavy atom. The van der Waals surface area contributed by atoms with E-state index in [1.807, 2.05) is 0 Å². The lowest BCUT2D eigenvalue weighted by molar-refractivity contribution is -0.137. The standard InChI is InChI=1S/C19H17ClF3N3O2/c20-15-8-7-12(9-14(15)19(21,22)23)25-17(27)10-24-16-4-2-1-3-13(16)18(28)26-11-5-6-11/h1-4,7-9,11,24H,5-6,10H2,(H,25,27)(H,26,28). The fourth-order valence-electron chi connectivity index (χ4n) is 2.53. The molecule has 0 spiro atoms. The molecule has 2 amide bonds. The van der Waals surface area contributed by atoms with Crippen molar-refractivity contribution in [1.29, 1.82) is 0 Å². The van der Waals surface area contributed by atoms with Gasteiger partial charge in [-0.2, -0.15) is 13.2 Å². The van der Waals surface area contributed by atoms with E-state index >= 15 is 0 Å². The van der Waals surface area contributed by atoms with Gasteiger partial charge >= 0.3 is 6.18 Å². The van der Waals surface area contributed by atoms with Crippen molar-refractivity contribution in [1.82, 2.24) is 5.32 Å². The highest BCUT2D eigenvalue weighted by molar-refractivity contribution is 6.31. The van der Waals surface area contributed by atoms with Crippen LogP contribution in [0.3, 0.4) is 0 Å². The predicted molar refractivity (Wildman–Crippen MR) is 101 cm³/mol. The summed E-state index contributed by atoms with van der Waals surface area (Å²) in [6.45, 7) is -0.225. The average Bonchev–Trinajstić information content (AvgIpc) is 3.45. The molecule has 1 fully saturated rings. The van der Waals surface area contributed by atoms with E-state index < -0.39 is 22.7 Å². The van der Waals surface area contributed by atoms with Gasteiger partial charge in [0.2, 0.25) is 5.91 Å². The summed E-state index contributed by atoms with van der Waals surface area (Å²) >= 11 is 5.56. The second kappa shape index (κ2) is 8.10. The minimum absolute atomic E-state index is 0.0247. The molecule has 1 saturated carbocycles. The zero-order valence-electron chi connectivity index (χ0n) is 14.6. The Morgan fingerprint density at radius 2 is 1.82 bits per heavy atom. The van der Waals surface area contributed by atoms with Crippen molar-refractivity contribution in [2.24, 2.45) is 0 Å². The predicted octanol–water partition coefficient (Wildman–Crippen LogP) is 4.30. The first-order chi connectivity index (χ1) is 13.2. The van der Waals surface area contributed by atoms with Crippen LogP contribution < -0.4 is 16.0 Å². The molecule has 1 aliphatic rings. The molecule has 0 unspecified atom stereocenters.